The van der Waals surface area contributed by atoms with Gasteiger partial charge in [-0.15, -0.1) is 0 Å². The molecule has 0 unspecified atom stereocenters. The zero-order chi connectivity index (χ0) is 19.2. The quantitative estimate of drug-likeness (QED) is 0.298. The Hall–Kier alpha value is -3.12. The molecular weight excluding hydrogens is 366 g/mol. The third-order valence-electron chi connectivity index (χ3n) is 3.93. The lowest BCUT2D eigenvalue weighted by molar-refractivity contribution is 0.0513. The van der Waals surface area contributed by atoms with Gasteiger partial charge in [-0.05, 0) is 25.1 Å². The summed E-state index contributed by atoms with van der Waals surface area (Å²) in [5.41, 5.74) is 2.80. The Labute approximate surface area is 161 Å². The van der Waals surface area contributed by atoms with Crippen molar-refractivity contribution in [1.29, 1.82) is 0 Å². The molecule has 7 heteroatoms. The van der Waals surface area contributed by atoms with Gasteiger partial charge in [0.15, 0.2) is 0 Å². The van der Waals surface area contributed by atoms with Crippen molar-refractivity contribution in [3.05, 3.63) is 76.9 Å². The molecule has 0 saturated heterocycles. The van der Waals surface area contributed by atoms with E-state index >= 15 is 0 Å². The third kappa shape index (κ3) is 4.35. The van der Waals surface area contributed by atoms with Gasteiger partial charge in [-0.25, -0.2) is 4.79 Å². The number of benzene rings is 2. The molecule has 6 nitrogen and oxygen atoms in total. The minimum Gasteiger partial charge on any atom is -0.461 e. The fourth-order valence-electron chi connectivity index (χ4n) is 2.62. The molecule has 3 aromatic rings. The van der Waals surface area contributed by atoms with Crippen molar-refractivity contribution in [2.24, 2.45) is 5.16 Å². The summed E-state index contributed by atoms with van der Waals surface area (Å²) in [4.78, 5) is 12.4. The van der Waals surface area contributed by atoms with Gasteiger partial charge in [0.25, 0.3) is 0 Å². The monoisotopic (exact) mass is 383 g/mol. The first-order chi connectivity index (χ1) is 13.1. The van der Waals surface area contributed by atoms with E-state index in [2.05, 4.69) is 10.3 Å². The van der Waals surface area contributed by atoms with Crippen molar-refractivity contribution in [1.82, 2.24) is 9.78 Å². The van der Waals surface area contributed by atoms with Crippen LogP contribution in [0.4, 0.5) is 0 Å². The van der Waals surface area contributed by atoms with E-state index in [1.807, 2.05) is 42.5 Å². The lowest BCUT2D eigenvalue weighted by atomic mass is 10.1. The Morgan fingerprint density at radius 1 is 1.19 bits per heavy atom. The maximum Gasteiger partial charge on any atom is 0.356 e. The highest BCUT2D eigenvalue weighted by molar-refractivity contribution is 6.30. The number of oxime groups is 1. The van der Waals surface area contributed by atoms with E-state index in [0.29, 0.717) is 16.4 Å². The van der Waals surface area contributed by atoms with Gasteiger partial charge < -0.3 is 9.94 Å². The smallest absolute Gasteiger partial charge is 0.356 e. The van der Waals surface area contributed by atoms with Gasteiger partial charge in [-0.2, -0.15) is 5.10 Å². The van der Waals surface area contributed by atoms with E-state index in [1.54, 1.807) is 25.1 Å². The highest BCUT2D eigenvalue weighted by atomic mass is 35.5. The van der Waals surface area contributed by atoms with Gasteiger partial charge in [0, 0.05) is 16.1 Å². The number of aromatic nitrogens is 2. The summed E-state index contributed by atoms with van der Waals surface area (Å²) in [5, 5.41) is 17.9. The van der Waals surface area contributed by atoms with E-state index in [-0.39, 0.29) is 18.8 Å². The van der Waals surface area contributed by atoms with Gasteiger partial charge in [-0.3, -0.25) is 4.68 Å². The summed E-state index contributed by atoms with van der Waals surface area (Å²) >= 11 is 5.94. The number of ether oxygens (including phenoxy) is 1. The van der Waals surface area contributed by atoms with Crippen molar-refractivity contribution in [2.75, 3.05) is 6.61 Å². The molecule has 0 aliphatic rings. The van der Waals surface area contributed by atoms with E-state index in [0.717, 1.165) is 11.1 Å². The Balaban J connectivity index is 1.99. The van der Waals surface area contributed by atoms with Crippen LogP contribution in [0.5, 0.6) is 0 Å². The molecule has 0 spiro atoms. The molecule has 0 atom stereocenters. The van der Waals surface area contributed by atoms with Crippen LogP contribution in [0.25, 0.3) is 11.3 Å². The zero-order valence-corrected chi connectivity index (χ0v) is 15.4. The second kappa shape index (κ2) is 8.51. The molecule has 1 aromatic heterocycles. The Morgan fingerprint density at radius 2 is 1.89 bits per heavy atom. The molecule has 2 aromatic carbocycles. The third-order valence-corrected chi connectivity index (χ3v) is 4.18. The molecule has 0 bridgehead atoms. The van der Waals surface area contributed by atoms with E-state index in [4.69, 9.17) is 16.3 Å². The van der Waals surface area contributed by atoms with Crippen LogP contribution < -0.4 is 0 Å². The van der Waals surface area contributed by atoms with Gasteiger partial charge in [0.1, 0.15) is 11.4 Å². The van der Waals surface area contributed by atoms with Crippen molar-refractivity contribution in [3.8, 4) is 11.3 Å². The van der Waals surface area contributed by atoms with Crippen LogP contribution in [0, 0.1) is 0 Å². The Morgan fingerprint density at radius 3 is 2.52 bits per heavy atom. The van der Waals surface area contributed by atoms with Crippen LogP contribution in [0.15, 0.2) is 65.8 Å². The predicted molar refractivity (Wildman–Crippen MR) is 103 cm³/mol. The molecule has 0 aliphatic heterocycles. The van der Waals surface area contributed by atoms with E-state index < -0.39 is 5.97 Å². The predicted octanol–water partition coefficient (Wildman–Crippen LogP) is 4.26. The molecule has 3 rings (SSSR count). The van der Waals surface area contributed by atoms with Crippen LogP contribution >= 0.6 is 11.6 Å². The number of esters is 1. The molecule has 0 saturated carbocycles. The number of carbonyl (C=O) groups excluding carboxylic acids is 1. The van der Waals surface area contributed by atoms with Crippen molar-refractivity contribution < 1.29 is 14.7 Å². The van der Waals surface area contributed by atoms with Gasteiger partial charge >= 0.3 is 5.97 Å². The van der Waals surface area contributed by atoms with Crippen LogP contribution in [0.2, 0.25) is 5.02 Å². The summed E-state index contributed by atoms with van der Waals surface area (Å²) in [6.07, 6.45) is 0. The van der Waals surface area contributed by atoms with Gasteiger partial charge in [0.05, 0.1) is 18.8 Å². The first-order valence-corrected chi connectivity index (χ1v) is 8.77. The number of carbonyl (C=O) groups is 1. The SMILES string of the molecule is CCOC(=O)c1cc(-c2ccc(Cl)cc2)nn1C/C(=N/O)c1ccccc1. The number of halogens is 1. The molecular formula is C20H18ClN3O3. The first-order valence-electron chi connectivity index (χ1n) is 8.39. The molecule has 1 N–H and O–H groups in total. The largest absolute Gasteiger partial charge is 0.461 e. The van der Waals surface area contributed by atoms with E-state index in [1.165, 1.54) is 4.68 Å². The summed E-state index contributed by atoms with van der Waals surface area (Å²) < 4.78 is 6.61. The normalized spacial score (nSPS) is 11.4. The lowest BCUT2D eigenvalue weighted by Crippen LogP contribution is -2.19. The minimum atomic E-state index is -0.490. The maximum absolute atomic E-state index is 12.4. The highest BCUT2D eigenvalue weighted by Gasteiger charge is 2.19. The van der Waals surface area contributed by atoms with Gasteiger partial charge in [0.2, 0.25) is 0 Å². The summed E-state index contributed by atoms with van der Waals surface area (Å²) in [6, 6.07) is 18.0. The van der Waals surface area contributed by atoms with Crippen molar-refractivity contribution >= 4 is 23.3 Å². The molecule has 0 aliphatic carbocycles. The average Bonchev–Trinajstić information content (AvgIpc) is 3.11. The maximum atomic E-state index is 12.4. The number of hydrogen-bond donors (Lipinski definition) is 1. The highest BCUT2D eigenvalue weighted by Crippen LogP contribution is 2.22. The summed E-state index contributed by atoms with van der Waals surface area (Å²) in [6.45, 7) is 2.10. The van der Waals surface area contributed by atoms with Crippen LogP contribution in [0.1, 0.15) is 23.0 Å². The van der Waals surface area contributed by atoms with E-state index in [9.17, 15) is 10.0 Å². The number of rotatable bonds is 6. The molecule has 0 radical (unpaired) electrons. The Bertz CT molecular complexity index is 950. The van der Waals surface area contributed by atoms with Crippen molar-refractivity contribution in [2.45, 2.75) is 13.5 Å². The van der Waals surface area contributed by atoms with Crippen LogP contribution in [0.3, 0.4) is 0 Å². The second-order valence-corrected chi connectivity index (χ2v) is 6.15. The molecule has 27 heavy (non-hydrogen) atoms. The minimum absolute atomic E-state index is 0.113. The first kappa shape index (κ1) is 18.7. The fraction of sp³-hybridized carbons (Fsp3) is 0.150. The topological polar surface area (TPSA) is 76.7 Å². The Kier molecular flexibility index (Phi) is 5.88. The standard InChI is InChI=1S/C20H18ClN3O3/c1-2-27-20(25)19-12-17(15-8-10-16(21)11-9-15)22-24(19)13-18(23-26)14-6-4-3-5-7-14/h3-12,26H,2,13H2,1H3/b23-18-. The molecule has 138 valence electrons. The lowest BCUT2D eigenvalue weighted by Gasteiger charge is -2.08. The molecule has 0 amide bonds. The van der Waals surface area contributed by atoms with Gasteiger partial charge in [-0.1, -0.05) is 59.2 Å². The molecule has 0 fully saturated rings. The zero-order valence-electron chi connectivity index (χ0n) is 14.7. The van der Waals surface area contributed by atoms with Crippen LogP contribution in [-0.2, 0) is 11.3 Å². The van der Waals surface area contributed by atoms with Crippen LogP contribution in [-0.4, -0.2) is 33.3 Å². The van der Waals surface area contributed by atoms with Crippen molar-refractivity contribution in [3.63, 3.8) is 0 Å². The summed E-state index contributed by atoms with van der Waals surface area (Å²) in [5.74, 6) is -0.490. The average molecular weight is 384 g/mol. The second-order valence-electron chi connectivity index (χ2n) is 5.71. The summed E-state index contributed by atoms with van der Waals surface area (Å²) in [7, 11) is 0. The molecule has 1 heterocycles. The number of nitrogens with zero attached hydrogens (tertiary/aromatic N) is 3. The fourth-order valence-corrected chi connectivity index (χ4v) is 2.75. The number of hydrogen-bond acceptors (Lipinski definition) is 5.